The molecule has 154 valence electrons. The van der Waals surface area contributed by atoms with Gasteiger partial charge in [-0.1, -0.05) is 28.9 Å². The Kier molecular flexibility index (Phi) is 9.33. The molecule has 29 heavy (non-hydrogen) atoms. The Hall–Kier alpha value is -2.20. The first-order chi connectivity index (χ1) is 13.6. The minimum Gasteiger partial charge on any atom is -0.357 e. The lowest BCUT2D eigenvalue weighted by atomic mass is 10.2. The highest BCUT2D eigenvalue weighted by molar-refractivity contribution is 14.0. The highest BCUT2D eigenvalue weighted by atomic mass is 127. The van der Waals surface area contributed by atoms with Crippen molar-refractivity contribution >= 4 is 41.5 Å². The zero-order chi connectivity index (χ0) is 19.8. The number of hydrogen-bond acceptors (Lipinski definition) is 4. The lowest BCUT2D eigenvalue weighted by molar-refractivity contribution is 0.378. The monoisotopic (exact) mass is 529 g/mol. The lowest BCUT2D eigenvalue weighted by Gasteiger charge is -2.10. The van der Waals surface area contributed by atoms with Crippen LogP contribution in [0.25, 0.3) is 11.4 Å². The van der Waals surface area contributed by atoms with E-state index in [1.165, 1.54) is 12.1 Å². The Balaban J connectivity index is 0.00000300. The van der Waals surface area contributed by atoms with Crippen LogP contribution in [0.3, 0.4) is 0 Å². The topological polar surface area (TPSA) is 75.3 Å². The van der Waals surface area contributed by atoms with Crippen molar-refractivity contribution in [3.05, 3.63) is 70.8 Å². The van der Waals surface area contributed by atoms with Crippen LogP contribution in [0.2, 0.25) is 5.02 Å². The van der Waals surface area contributed by atoms with Gasteiger partial charge in [0.05, 0.1) is 6.54 Å². The van der Waals surface area contributed by atoms with Crippen molar-refractivity contribution in [1.29, 1.82) is 0 Å². The molecular weight excluding hydrogens is 508 g/mol. The lowest BCUT2D eigenvalue weighted by Crippen LogP contribution is -2.38. The summed E-state index contributed by atoms with van der Waals surface area (Å²) in [6.07, 6.45) is 0.547. The summed E-state index contributed by atoms with van der Waals surface area (Å²) < 4.78 is 18.6. The number of nitrogens with one attached hydrogen (secondary N) is 2. The summed E-state index contributed by atoms with van der Waals surface area (Å²) in [4.78, 5) is 8.86. The van der Waals surface area contributed by atoms with Crippen molar-refractivity contribution in [2.24, 2.45) is 4.99 Å². The van der Waals surface area contributed by atoms with Gasteiger partial charge in [-0.05, 0) is 48.9 Å². The standard InChI is InChI=1S/C20H21ClFN5O.HI/c1-2-23-20(25-13-14-4-3-5-17(22)12-14)24-11-10-18-26-19(27-28-18)15-6-8-16(21)9-7-15;/h3-9,12H,2,10-11,13H2,1H3,(H2,23,24,25);1H. The summed E-state index contributed by atoms with van der Waals surface area (Å²) in [5, 5.41) is 11.0. The Bertz CT molecular complexity index is 933. The molecule has 0 spiro atoms. The number of nitrogens with zero attached hydrogens (tertiary/aromatic N) is 3. The van der Waals surface area contributed by atoms with E-state index in [1.54, 1.807) is 18.2 Å². The zero-order valence-corrected chi connectivity index (χ0v) is 18.9. The molecule has 2 N–H and O–H groups in total. The van der Waals surface area contributed by atoms with Gasteiger partial charge >= 0.3 is 0 Å². The third-order valence-electron chi connectivity index (χ3n) is 3.85. The molecule has 0 aliphatic carbocycles. The number of aliphatic imine (C=N–C) groups is 1. The van der Waals surface area contributed by atoms with Gasteiger partial charge in [0.25, 0.3) is 0 Å². The van der Waals surface area contributed by atoms with Gasteiger partial charge in [0.2, 0.25) is 11.7 Å². The SMILES string of the molecule is CCNC(=NCc1cccc(F)c1)NCCc1nc(-c2ccc(Cl)cc2)no1.I. The van der Waals surface area contributed by atoms with Crippen LogP contribution in [0.1, 0.15) is 18.4 Å². The summed E-state index contributed by atoms with van der Waals surface area (Å²) in [6, 6.07) is 13.7. The molecule has 0 saturated carbocycles. The molecular formula is C20H22ClFIN5O. The van der Waals surface area contributed by atoms with Crippen molar-refractivity contribution in [3.63, 3.8) is 0 Å². The van der Waals surface area contributed by atoms with E-state index < -0.39 is 0 Å². The molecule has 3 rings (SSSR count). The third-order valence-corrected chi connectivity index (χ3v) is 4.11. The van der Waals surface area contributed by atoms with Crippen molar-refractivity contribution in [3.8, 4) is 11.4 Å². The molecule has 1 aromatic heterocycles. The van der Waals surface area contributed by atoms with Crippen LogP contribution in [0.4, 0.5) is 4.39 Å². The van der Waals surface area contributed by atoms with E-state index in [4.69, 9.17) is 16.1 Å². The van der Waals surface area contributed by atoms with Crippen molar-refractivity contribution < 1.29 is 8.91 Å². The number of aromatic nitrogens is 2. The number of benzene rings is 2. The van der Waals surface area contributed by atoms with Crippen molar-refractivity contribution in [2.75, 3.05) is 13.1 Å². The van der Waals surface area contributed by atoms with E-state index in [0.717, 1.165) is 17.7 Å². The van der Waals surface area contributed by atoms with Gasteiger partial charge in [-0.2, -0.15) is 4.98 Å². The predicted octanol–water partition coefficient (Wildman–Crippen LogP) is 4.44. The summed E-state index contributed by atoms with van der Waals surface area (Å²) in [5.74, 6) is 1.43. The van der Waals surface area contributed by atoms with E-state index in [-0.39, 0.29) is 29.8 Å². The molecule has 0 bridgehead atoms. The molecule has 0 unspecified atom stereocenters. The first-order valence-electron chi connectivity index (χ1n) is 8.99. The fourth-order valence-electron chi connectivity index (χ4n) is 2.51. The van der Waals surface area contributed by atoms with Gasteiger partial charge in [-0.3, -0.25) is 0 Å². The molecule has 0 aliphatic heterocycles. The van der Waals surface area contributed by atoms with Gasteiger partial charge in [-0.25, -0.2) is 9.38 Å². The first kappa shape index (κ1) is 23.1. The minimum absolute atomic E-state index is 0. The van der Waals surface area contributed by atoms with Gasteiger partial charge in [0.15, 0.2) is 5.96 Å². The molecule has 0 saturated heterocycles. The van der Waals surface area contributed by atoms with E-state index >= 15 is 0 Å². The number of halogens is 3. The second-order valence-electron chi connectivity index (χ2n) is 6.02. The summed E-state index contributed by atoms with van der Waals surface area (Å²) in [7, 11) is 0. The molecule has 9 heteroatoms. The molecule has 0 amide bonds. The molecule has 0 aliphatic rings. The fourth-order valence-corrected chi connectivity index (χ4v) is 2.63. The van der Waals surface area contributed by atoms with Gasteiger partial charge < -0.3 is 15.2 Å². The third kappa shape index (κ3) is 7.28. The normalized spacial score (nSPS) is 11.1. The van der Waals surface area contributed by atoms with Crippen LogP contribution in [-0.4, -0.2) is 29.2 Å². The van der Waals surface area contributed by atoms with Crippen LogP contribution in [0, 0.1) is 5.82 Å². The molecule has 0 radical (unpaired) electrons. The Morgan fingerprint density at radius 3 is 2.69 bits per heavy atom. The largest absolute Gasteiger partial charge is 0.357 e. The second-order valence-corrected chi connectivity index (χ2v) is 6.46. The number of rotatable bonds is 7. The maximum absolute atomic E-state index is 13.3. The first-order valence-corrected chi connectivity index (χ1v) is 9.37. The van der Waals surface area contributed by atoms with Crippen molar-refractivity contribution in [1.82, 2.24) is 20.8 Å². The molecule has 0 atom stereocenters. The van der Waals surface area contributed by atoms with Crippen LogP contribution < -0.4 is 10.6 Å². The van der Waals surface area contributed by atoms with Crippen LogP contribution in [0.5, 0.6) is 0 Å². The number of hydrogen-bond donors (Lipinski definition) is 2. The highest BCUT2D eigenvalue weighted by Gasteiger charge is 2.09. The molecule has 0 fully saturated rings. The van der Waals surface area contributed by atoms with E-state index in [1.807, 2.05) is 25.1 Å². The maximum atomic E-state index is 13.3. The van der Waals surface area contributed by atoms with E-state index in [0.29, 0.717) is 42.2 Å². The molecule has 2 aromatic carbocycles. The van der Waals surface area contributed by atoms with Crippen molar-refractivity contribution in [2.45, 2.75) is 19.9 Å². The van der Waals surface area contributed by atoms with Gasteiger partial charge in [0.1, 0.15) is 5.82 Å². The Morgan fingerprint density at radius 1 is 1.17 bits per heavy atom. The highest BCUT2D eigenvalue weighted by Crippen LogP contribution is 2.18. The smallest absolute Gasteiger partial charge is 0.228 e. The maximum Gasteiger partial charge on any atom is 0.228 e. The quantitative estimate of drug-likeness (QED) is 0.269. The second kappa shape index (κ2) is 11.7. The van der Waals surface area contributed by atoms with Crippen LogP contribution in [-0.2, 0) is 13.0 Å². The average molecular weight is 530 g/mol. The minimum atomic E-state index is -0.265. The van der Waals surface area contributed by atoms with Crippen LogP contribution >= 0.6 is 35.6 Å². The van der Waals surface area contributed by atoms with Crippen LogP contribution in [0.15, 0.2) is 58.0 Å². The Morgan fingerprint density at radius 2 is 1.97 bits per heavy atom. The summed E-state index contributed by atoms with van der Waals surface area (Å²) in [5.41, 5.74) is 1.65. The van der Waals surface area contributed by atoms with E-state index in [9.17, 15) is 4.39 Å². The average Bonchev–Trinajstić information content (AvgIpc) is 3.15. The van der Waals surface area contributed by atoms with Gasteiger partial charge in [0, 0.05) is 30.1 Å². The summed E-state index contributed by atoms with van der Waals surface area (Å²) >= 11 is 5.89. The molecule has 1 heterocycles. The van der Waals surface area contributed by atoms with E-state index in [2.05, 4.69) is 25.8 Å². The van der Waals surface area contributed by atoms with Gasteiger partial charge in [-0.15, -0.1) is 24.0 Å². The zero-order valence-electron chi connectivity index (χ0n) is 15.9. The molecule has 6 nitrogen and oxygen atoms in total. The number of guanidine groups is 1. The summed E-state index contributed by atoms with van der Waals surface area (Å²) in [6.45, 7) is 3.65. The molecule has 3 aromatic rings. The fraction of sp³-hybridized carbons (Fsp3) is 0.250. The predicted molar refractivity (Wildman–Crippen MR) is 123 cm³/mol. The Labute approximate surface area is 191 Å².